The minimum absolute atomic E-state index is 0.109. The molecule has 1 aromatic rings. The average molecular weight is 250 g/mol. The summed E-state index contributed by atoms with van der Waals surface area (Å²) in [7, 11) is 2.01. The zero-order valence-corrected chi connectivity index (χ0v) is 11.7. The third-order valence-corrected chi connectivity index (χ3v) is 4.35. The Morgan fingerprint density at radius 1 is 1.33 bits per heavy atom. The van der Waals surface area contributed by atoms with E-state index >= 15 is 0 Å². The lowest BCUT2D eigenvalue weighted by Crippen LogP contribution is -2.53. The van der Waals surface area contributed by atoms with E-state index in [0.29, 0.717) is 18.0 Å². The zero-order valence-electron chi connectivity index (χ0n) is 11.7. The van der Waals surface area contributed by atoms with Crippen molar-refractivity contribution in [3.8, 4) is 0 Å². The van der Waals surface area contributed by atoms with Crippen molar-refractivity contribution < 1.29 is 4.39 Å². The molecule has 3 unspecified atom stereocenters. The van der Waals surface area contributed by atoms with Crippen molar-refractivity contribution in [2.24, 2.45) is 5.92 Å². The maximum atomic E-state index is 14.0. The van der Waals surface area contributed by atoms with E-state index in [1.807, 2.05) is 26.1 Å². The molecule has 100 valence electrons. The van der Waals surface area contributed by atoms with E-state index in [4.69, 9.17) is 0 Å². The molecule has 18 heavy (non-hydrogen) atoms. The summed E-state index contributed by atoms with van der Waals surface area (Å²) in [5.41, 5.74) is 1.87. The lowest BCUT2D eigenvalue weighted by molar-refractivity contribution is 0.281. The fraction of sp³-hybridized carbons (Fsp3) is 0.600. The summed E-state index contributed by atoms with van der Waals surface area (Å²) in [6.07, 6.45) is 1.06. The second kappa shape index (κ2) is 5.27. The molecule has 2 nitrogen and oxygen atoms in total. The Morgan fingerprint density at radius 2 is 2.06 bits per heavy atom. The molecule has 0 aromatic heterocycles. The van der Waals surface area contributed by atoms with Gasteiger partial charge < -0.3 is 10.2 Å². The van der Waals surface area contributed by atoms with Crippen LogP contribution in [0.5, 0.6) is 0 Å². The SMILES string of the molecule is CNC1CCN(c2cc(C)ccc2F)C(C)C1C. The molecule has 1 aromatic carbocycles. The first-order valence-electron chi connectivity index (χ1n) is 6.74. The summed E-state index contributed by atoms with van der Waals surface area (Å²) in [4.78, 5) is 2.21. The van der Waals surface area contributed by atoms with Crippen LogP contribution >= 0.6 is 0 Å². The van der Waals surface area contributed by atoms with Gasteiger partial charge in [0.15, 0.2) is 0 Å². The molecule has 0 bridgehead atoms. The van der Waals surface area contributed by atoms with Crippen molar-refractivity contribution >= 4 is 5.69 Å². The van der Waals surface area contributed by atoms with Gasteiger partial charge in [-0.3, -0.25) is 0 Å². The second-order valence-electron chi connectivity index (χ2n) is 5.43. The summed E-state index contributed by atoms with van der Waals surface area (Å²) in [5, 5.41) is 3.36. The van der Waals surface area contributed by atoms with Crippen LogP contribution in [0.15, 0.2) is 18.2 Å². The number of halogens is 1. The molecule has 0 spiro atoms. The van der Waals surface area contributed by atoms with Gasteiger partial charge in [-0.1, -0.05) is 13.0 Å². The van der Waals surface area contributed by atoms with Crippen LogP contribution < -0.4 is 10.2 Å². The molecule has 0 radical (unpaired) electrons. The number of aryl methyl sites for hydroxylation is 1. The third kappa shape index (κ3) is 2.37. The van der Waals surface area contributed by atoms with Crippen LogP contribution in [-0.2, 0) is 0 Å². The predicted molar refractivity (Wildman–Crippen MR) is 74.6 cm³/mol. The van der Waals surface area contributed by atoms with E-state index < -0.39 is 0 Å². The minimum atomic E-state index is -0.109. The van der Waals surface area contributed by atoms with Gasteiger partial charge in [0.25, 0.3) is 0 Å². The van der Waals surface area contributed by atoms with Crippen LogP contribution in [0.25, 0.3) is 0 Å². The maximum absolute atomic E-state index is 14.0. The van der Waals surface area contributed by atoms with Crippen LogP contribution in [0.4, 0.5) is 10.1 Å². The highest BCUT2D eigenvalue weighted by atomic mass is 19.1. The van der Waals surface area contributed by atoms with E-state index in [1.165, 1.54) is 0 Å². The number of nitrogens with zero attached hydrogens (tertiary/aromatic N) is 1. The summed E-state index contributed by atoms with van der Waals surface area (Å²) >= 11 is 0. The maximum Gasteiger partial charge on any atom is 0.146 e. The Balaban J connectivity index is 2.26. The van der Waals surface area contributed by atoms with E-state index in [9.17, 15) is 4.39 Å². The Labute approximate surface area is 109 Å². The highest BCUT2D eigenvalue weighted by Crippen LogP contribution is 2.30. The minimum Gasteiger partial charge on any atom is -0.366 e. The first-order valence-corrected chi connectivity index (χ1v) is 6.74. The second-order valence-corrected chi connectivity index (χ2v) is 5.43. The smallest absolute Gasteiger partial charge is 0.146 e. The molecule has 1 aliphatic rings. The quantitative estimate of drug-likeness (QED) is 0.868. The van der Waals surface area contributed by atoms with Crippen molar-refractivity contribution in [1.82, 2.24) is 5.32 Å². The average Bonchev–Trinajstić information content (AvgIpc) is 2.36. The van der Waals surface area contributed by atoms with Crippen LogP contribution in [0, 0.1) is 18.7 Å². The molecule has 0 amide bonds. The molecule has 1 fully saturated rings. The summed E-state index contributed by atoms with van der Waals surface area (Å²) in [5.74, 6) is 0.409. The molecule has 3 heteroatoms. The molecule has 1 saturated heterocycles. The molecule has 3 atom stereocenters. The van der Waals surface area contributed by atoms with Gasteiger partial charge in [0, 0.05) is 18.6 Å². The number of hydrogen-bond acceptors (Lipinski definition) is 2. The largest absolute Gasteiger partial charge is 0.366 e. The zero-order chi connectivity index (χ0) is 13.3. The molecule has 0 saturated carbocycles. The topological polar surface area (TPSA) is 15.3 Å². The van der Waals surface area contributed by atoms with Crippen molar-refractivity contribution in [3.63, 3.8) is 0 Å². The fourth-order valence-corrected chi connectivity index (χ4v) is 2.95. The standard InChI is InChI=1S/C15H23FN2/c1-10-5-6-13(16)15(9-10)18-8-7-14(17-4)11(2)12(18)3/h5-6,9,11-12,14,17H,7-8H2,1-4H3. The molecule has 1 aliphatic heterocycles. The Morgan fingerprint density at radius 3 is 2.72 bits per heavy atom. The lowest BCUT2D eigenvalue weighted by atomic mass is 9.86. The molecular weight excluding hydrogens is 227 g/mol. The number of rotatable bonds is 2. The number of nitrogens with one attached hydrogen (secondary N) is 1. The number of benzene rings is 1. The first kappa shape index (κ1) is 13.3. The normalized spacial score (nSPS) is 28.5. The number of anilines is 1. The van der Waals surface area contributed by atoms with Gasteiger partial charge in [-0.25, -0.2) is 4.39 Å². The van der Waals surface area contributed by atoms with E-state index in [0.717, 1.165) is 24.2 Å². The van der Waals surface area contributed by atoms with Gasteiger partial charge in [0.05, 0.1) is 5.69 Å². The van der Waals surface area contributed by atoms with Crippen LogP contribution in [0.3, 0.4) is 0 Å². The van der Waals surface area contributed by atoms with Crippen molar-refractivity contribution in [1.29, 1.82) is 0 Å². The monoisotopic (exact) mass is 250 g/mol. The number of piperidine rings is 1. The third-order valence-electron chi connectivity index (χ3n) is 4.35. The number of hydrogen-bond donors (Lipinski definition) is 1. The van der Waals surface area contributed by atoms with Gasteiger partial charge in [0.1, 0.15) is 5.82 Å². The molecule has 1 heterocycles. The van der Waals surface area contributed by atoms with Gasteiger partial charge in [-0.2, -0.15) is 0 Å². The highest BCUT2D eigenvalue weighted by molar-refractivity contribution is 5.51. The van der Waals surface area contributed by atoms with Gasteiger partial charge in [-0.05, 0) is 50.9 Å². The Kier molecular flexibility index (Phi) is 3.91. The molecule has 1 N–H and O–H groups in total. The Hall–Kier alpha value is -1.09. The van der Waals surface area contributed by atoms with E-state index in [-0.39, 0.29) is 5.82 Å². The Bertz CT molecular complexity index is 419. The van der Waals surface area contributed by atoms with Crippen molar-refractivity contribution in [2.45, 2.75) is 39.3 Å². The molecule has 2 rings (SSSR count). The van der Waals surface area contributed by atoms with Crippen LogP contribution in [0.1, 0.15) is 25.8 Å². The van der Waals surface area contributed by atoms with Crippen LogP contribution in [-0.4, -0.2) is 25.7 Å². The predicted octanol–water partition coefficient (Wildman–Crippen LogP) is 2.96. The van der Waals surface area contributed by atoms with Crippen molar-refractivity contribution in [3.05, 3.63) is 29.6 Å². The fourth-order valence-electron chi connectivity index (χ4n) is 2.95. The lowest BCUT2D eigenvalue weighted by Gasteiger charge is -2.44. The van der Waals surface area contributed by atoms with Gasteiger partial charge >= 0.3 is 0 Å². The first-order chi connectivity index (χ1) is 8.54. The van der Waals surface area contributed by atoms with Crippen molar-refractivity contribution in [2.75, 3.05) is 18.5 Å². The molecule has 0 aliphatic carbocycles. The van der Waals surface area contributed by atoms with Crippen LogP contribution in [0.2, 0.25) is 0 Å². The summed E-state index contributed by atoms with van der Waals surface area (Å²) in [6.45, 7) is 7.36. The summed E-state index contributed by atoms with van der Waals surface area (Å²) < 4.78 is 14.0. The highest BCUT2D eigenvalue weighted by Gasteiger charge is 2.32. The van der Waals surface area contributed by atoms with E-state index in [1.54, 1.807) is 6.07 Å². The van der Waals surface area contributed by atoms with Gasteiger partial charge in [0.2, 0.25) is 0 Å². The van der Waals surface area contributed by atoms with E-state index in [2.05, 4.69) is 24.1 Å². The molecular formula is C15H23FN2. The summed E-state index contributed by atoms with van der Waals surface area (Å²) in [6, 6.07) is 6.24. The van der Waals surface area contributed by atoms with Gasteiger partial charge in [-0.15, -0.1) is 0 Å².